The second-order valence-corrected chi connectivity index (χ2v) is 7.52. The largest absolute Gasteiger partial charge is 0.379 e. The van der Waals surface area contributed by atoms with Crippen LogP contribution in [-0.4, -0.2) is 86.9 Å². The zero-order valence-electron chi connectivity index (χ0n) is 17.5. The fourth-order valence-corrected chi connectivity index (χ4v) is 3.96. The molecular formula is C21H36IN5O. The number of hydrogen-bond acceptors (Lipinski definition) is 4. The van der Waals surface area contributed by atoms with E-state index >= 15 is 0 Å². The molecule has 0 aliphatic carbocycles. The van der Waals surface area contributed by atoms with E-state index in [-0.39, 0.29) is 24.0 Å². The summed E-state index contributed by atoms with van der Waals surface area (Å²) in [5.74, 6) is 1.05. The van der Waals surface area contributed by atoms with E-state index in [0.717, 1.165) is 65.0 Å². The number of para-hydroxylation sites is 1. The van der Waals surface area contributed by atoms with Crippen LogP contribution in [0.1, 0.15) is 20.8 Å². The van der Waals surface area contributed by atoms with Crippen molar-refractivity contribution in [1.82, 2.24) is 15.1 Å². The molecule has 0 spiro atoms. The van der Waals surface area contributed by atoms with Gasteiger partial charge in [0.2, 0.25) is 0 Å². The average molecular weight is 501 g/mol. The molecule has 7 heteroatoms. The van der Waals surface area contributed by atoms with E-state index in [1.807, 2.05) is 0 Å². The Morgan fingerprint density at radius 2 is 1.89 bits per heavy atom. The number of guanidine groups is 1. The van der Waals surface area contributed by atoms with Gasteiger partial charge in [-0.1, -0.05) is 18.2 Å². The number of nitrogens with zero attached hydrogens (tertiary/aromatic N) is 4. The first kappa shape index (κ1) is 23.2. The minimum atomic E-state index is 0. The van der Waals surface area contributed by atoms with E-state index in [9.17, 15) is 0 Å². The molecule has 1 aromatic carbocycles. The van der Waals surface area contributed by atoms with Crippen LogP contribution < -0.4 is 10.2 Å². The van der Waals surface area contributed by atoms with Crippen molar-refractivity contribution in [1.29, 1.82) is 0 Å². The molecule has 2 fully saturated rings. The van der Waals surface area contributed by atoms with Crippen LogP contribution in [0.15, 0.2) is 35.3 Å². The molecule has 158 valence electrons. The first-order valence-electron chi connectivity index (χ1n) is 10.4. The van der Waals surface area contributed by atoms with Gasteiger partial charge in [-0.3, -0.25) is 9.89 Å². The summed E-state index contributed by atoms with van der Waals surface area (Å²) in [6.07, 6.45) is 0. The van der Waals surface area contributed by atoms with E-state index in [1.54, 1.807) is 0 Å². The van der Waals surface area contributed by atoms with Crippen LogP contribution in [-0.2, 0) is 4.74 Å². The summed E-state index contributed by atoms with van der Waals surface area (Å²) in [6.45, 7) is 15.1. The third kappa shape index (κ3) is 6.22. The van der Waals surface area contributed by atoms with Gasteiger partial charge < -0.3 is 19.9 Å². The molecule has 2 unspecified atom stereocenters. The van der Waals surface area contributed by atoms with Crippen molar-refractivity contribution in [2.45, 2.75) is 32.9 Å². The minimum Gasteiger partial charge on any atom is -0.379 e. The molecule has 0 bridgehead atoms. The highest BCUT2D eigenvalue weighted by molar-refractivity contribution is 14.0. The highest BCUT2D eigenvalue weighted by Gasteiger charge is 2.24. The maximum Gasteiger partial charge on any atom is 0.194 e. The number of anilines is 1. The number of halogens is 1. The number of morpholine rings is 1. The smallest absolute Gasteiger partial charge is 0.194 e. The van der Waals surface area contributed by atoms with Crippen LogP contribution in [0.25, 0.3) is 0 Å². The van der Waals surface area contributed by atoms with Gasteiger partial charge in [0, 0.05) is 57.0 Å². The number of ether oxygens (including phenoxy) is 1. The lowest BCUT2D eigenvalue weighted by atomic mass is 10.2. The lowest BCUT2D eigenvalue weighted by Gasteiger charge is -2.39. The van der Waals surface area contributed by atoms with Gasteiger partial charge in [0.25, 0.3) is 0 Å². The lowest BCUT2D eigenvalue weighted by Crippen LogP contribution is -2.53. The van der Waals surface area contributed by atoms with Crippen LogP contribution >= 0.6 is 24.0 Å². The first-order valence-corrected chi connectivity index (χ1v) is 10.4. The predicted molar refractivity (Wildman–Crippen MR) is 128 cm³/mol. The molecule has 3 rings (SSSR count). The summed E-state index contributed by atoms with van der Waals surface area (Å²) in [4.78, 5) is 12.4. The molecule has 2 aliphatic rings. The van der Waals surface area contributed by atoms with E-state index in [0.29, 0.717) is 12.1 Å². The third-order valence-corrected chi connectivity index (χ3v) is 5.53. The van der Waals surface area contributed by atoms with Crippen molar-refractivity contribution >= 4 is 35.6 Å². The quantitative estimate of drug-likeness (QED) is 0.382. The molecule has 1 aromatic rings. The lowest BCUT2D eigenvalue weighted by molar-refractivity contribution is -0.0166. The maximum atomic E-state index is 5.57. The number of piperazine rings is 1. The Balaban J connectivity index is 0.00000280. The van der Waals surface area contributed by atoms with Gasteiger partial charge in [-0.05, 0) is 32.9 Å². The average Bonchev–Trinajstić information content (AvgIpc) is 2.72. The summed E-state index contributed by atoms with van der Waals surface area (Å²) < 4.78 is 5.57. The molecule has 1 N–H and O–H groups in total. The van der Waals surface area contributed by atoms with E-state index < -0.39 is 0 Å². The summed E-state index contributed by atoms with van der Waals surface area (Å²) in [5.41, 5.74) is 1.31. The van der Waals surface area contributed by atoms with Gasteiger partial charge in [0.05, 0.1) is 19.8 Å². The fraction of sp³-hybridized carbons (Fsp3) is 0.667. The minimum absolute atomic E-state index is 0. The topological polar surface area (TPSA) is 43.3 Å². The normalized spacial score (nSPS) is 22.5. The summed E-state index contributed by atoms with van der Waals surface area (Å²) in [6, 6.07) is 11.6. The molecule has 2 heterocycles. The number of aliphatic imine (C=N–C) groups is 1. The van der Waals surface area contributed by atoms with Gasteiger partial charge >= 0.3 is 0 Å². The van der Waals surface area contributed by atoms with Crippen molar-refractivity contribution in [3.8, 4) is 0 Å². The Bertz CT molecular complexity index is 592. The molecule has 2 atom stereocenters. The Labute approximate surface area is 187 Å². The number of hydrogen-bond donors (Lipinski definition) is 1. The van der Waals surface area contributed by atoms with Gasteiger partial charge in [0.15, 0.2) is 5.96 Å². The first-order chi connectivity index (χ1) is 13.2. The standard InChI is InChI=1S/C21H35N5O.HI/c1-4-22-21(23-16-18(2)26-14-15-27-17-19(26)3)25-12-10-24(11-13-25)20-8-6-5-7-9-20;/h5-9,18-19H,4,10-17H2,1-3H3,(H,22,23);1H. The molecule has 6 nitrogen and oxygen atoms in total. The second-order valence-electron chi connectivity index (χ2n) is 7.52. The van der Waals surface area contributed by atoms with Gasteiger partial charge in [-0.15, -0.1) is 24.0 Å². The van der Waals surface area contributed by atoms with Crippen LogP contribution in [0.5, 0.6) is 0 Å². The molecule has 28 heavy (non-hydrogen) atoms. The van der Waals surface area contributed by atoms with E-state index in [2.05, 4.69) is 71.1 Å². The molecule has 0 aromatic heterocycles. The number of benzene rings is 1. The van der Waals surface area contributed by atoms with Crippen molar-refractivity contribution in [2.24, 2.45) is 4.99 Å². The maximum absolute atomic E-state index is 5.57. The fourth-order valence-electron chi connectivity index (χ4n) is 3.96. The number of nitrogens with one attached hydrogen (secondary N) is 1. The zero-order valence-corrected chi connectivity index (χ0v) is 19.8. The third-order valence-electron chi connectivity index (χ3n) is 5.53. The van der Waals surface area contributed by atoms with Crippen molar-refractivity contribution in [3.05, 3.63) is 30.3 Å². The Kier molecular flexibility index (Phi) is 9.81. The highest BCUT2D eigenvalue weighted by atomic mass is 127. The summed E-state index contributed by atoms with van der Waals surface area (Å²) in [7, 11) is 0. The predicted octanol–water partition coefficient (Wildman–Crippen LogP) is 2.50. The molecular weight excluding hydrogens is 465 g/mol. The SMILES string of the molecule is CCNC(=NCC(C)N1CCOCC1C)N1CCN(c2ccccc2)CC1.I. The van der Waals surface area contributed by atoms with E-state index in [1.165, 1.54) is 5.69 Å². The Hall–Kier alpha value is -1.06. The zero-order chi connectivity index (χ0) is 19.1. The van der Waals surface area contributed by atoms with Crippen LogP contribution in [0, 0.1) is 0 Å². The van der Waals surface area contributed by atoms with E-state index in [4.69, 9.17) is 9.73 Å². The molecule has 2 aliphatic heterocycles. The van der Waals surface area contributed by atoms with Gasteiger partial charge in [-0.2, -0.15) is 0 Å². The second kappa shape index (κ2) is 11.8. The summed E-state index contributed by atoms with van der Waals surface area (Å²) >= 11 is 0. The summed E-state index contributed by atoms with van der Waals surface area (Å²) in [5, 5.41) is 3.49. The van der Waals surface area contributed by atoms with Gasteiger partial charge in [0.1, 0.15) is 0 Å². The molecule has 2 saturated heterocycles. The van der Waals surface area contributed by atoms with Crippen molar-refractivity contribution < 1.29 is 4.74 Å². The Morgan fingerprint density at radius 3 is 2.54 bits per heavy atom. The van der Waals surface area contributed by atoms with Crippen molar-refractivity contribution in [3.63, 3.8) is 0 Å². The molecule has 0 radical (unpaired) electrons. The van der Waals surface area contributed by atoms with Gasteiger partial charge in [-0.25, -0.2) is 0 Å². The number of rotatable bonds is 5. The highest BCUT2D eigenvalue weighted by Crippen LogP contribution is 2.16. The van der Waals surface area contributed by atoms with Crippen LogP contribution in [0.2, 0.25) is 0 Å². The molecule has 0 saturated carbocycles. The van der Waals surface area contributed by atoms with Crippen LogP contribution in [0.3, 0.4) is 0 Å². The Morgan fingerprint density at radius 1 is 1.18 bits per heavy atom. The van der Waals surface area contributed by atoms with Crippen molar-refractivity contribution in [2.75, 3.05) is 63.9 Å². The molecule has 0 amide bonds. The van der Waals surface area contributed by atoms with Crippen LogP contribution in [0.4, 0.5) is 5.69 Å². The monoisotopic (exact) mass is 501 g/mol.